The first kappa shape index (κ1) is 11.4. The zero-order chi connectivity index (χ0) is 11.5. The maximum absolute atomic E-state index is 5.32. The Balaban J connectivity index is 2.38. The highest BCUT2D eigenvalue weighted by molar-refractivity contribution is 7.10. The van der Waals surface area contributed by atoms with Crippen molar-refractivity contribution in [3.8, 4) is 5.75 Å². The molecule has 1 atom stereocenters. The second-order valence-corrected chi connectivity index (χ2v) is 4.40. The van der Waals surface area contributed by atoms with Crippen LogP contribution in [0.15, 0.2) is 24.4 Å². The summed E-state index contributed by atoms with van der Waals surface area (Å²) < 4.78 is 5.32. The van der Waals surface area contributed by atoms with Crippen molar-refractivity contribution in [2.75, 3.05) is 20.6 Å². The Kier molecular flexibility index (Phi) is 3.47. The lowest BCUT2D eigenvalue weighted by Gasteiger charge is -2.09. The average molecular weight is 236 g/mol. The highest BCUT2D eigenvalue weighted by Gasteiger charge is 2.08. The molecule has 3 nitrogen and oxygen atoms in total. The van der Waals surface area contributed by atoms with Crippen LogP contribution in [0.4, 0.5) is 0 Å². The standard InChI is InChI=1S/C12H17N2OP/c1-14(2)7-6-9-8-13-10-4-3-5-11(15-16)12(9)10/h3-5,8,13H,6-7,16H2,1-2H3. The zero-order valence-electron chi connectivity index (χ0n) is 9.66. The molecule has 0 fully saturated rings. The molecule has 0 spiro atoms. The predicted octanol–water partition coefficient (Wildman–Crippen LogP) is 2.44. The molecule has 0 aliphatic rings. The Morgan fingerprint density at radius 2 is 2.19 bits per heavy atom. The first-order valence-electron chi connectivity index (χ1n) is 5.33. The molecule has 0 radical (unpaired) electrons. The fourth-order valence-corrected chi connectivity index (χ4v) is 2.06. The molecule has 4 heteroatoms. The second kappa shape index (κ2) is 4.86. The van der Waals surface area contributed by atoms with Gasteiger partial charge in [0, 0.05) is 23.6 Å². The van der Waals surface area contributed by atoms with Crippen molar-refractivity contribution in [1.82, 2.24) is 9.88 Å². The Morgan fingerprint density at radius 3 is 2.88 bits per heavy atom. The van der Waals surface area contributed by atoms with Gasteiger partial charge < -0.3 is 14.4 Å². The van der Waals surface area contributed by atoms with Gasteiger partial charge in [0.15, 0.2) is 0 Å². The van der Waals surface area contributed by atoms with E-state index < -0.39 is 0 Å². The van der Waals surface area contributed by atoms with Gasteiger partial charge in [0.2, 0.25) is 0 Å². The lowest BCUT2D eigenvalue weighted by Crippen LogP contribution is -2.14. The maximum atomic E-state index is 5.32. The van der Waals surface area contributed by atoms with Gasteiger partial charge in [-0.05, 0) is 38.2 Å². The largest absolute Gasteiger partial charge is 0.480 e. The molecule has 0 saturated heterocycles. The summed E-state index contributed by atoms with van der Waals surface area (Å²) in [5.74, 6) is 0.914. The molecule has 0 saturated carbocycles. The van der Waals surface area contributed by atoms with Gasteiger partial charge in [-0.2, -0.15) is 0 Å². The molecule has 2 rings (SSSR count). The molecule has 0 aliphatic heterocycles. The van der Waals surface area contributed by atoms with Gasteiger partial charge >= 0.3 is 0 Å². The number of H-pyrrole nitrogens is 1. The minimum absolute atomic E-state index is 0.914. The van der Waals surface area contributed by atoms with Crippen LogP contribution in [0, 0.1) is 0 Å². The predicted molar refractivity (Wildman–Crippen MR) is 70.9 cm³/mol. The van der Waals surface area contributed by atoms with E-state index >= 15 is 0 Å². The quantitative estimate of drug-likeness (QED) is 0.826. The summed E-state index contributed by atoms with van der Waals surface area (Å²) in [5.41, 5.74) is 2.44. The van der Waals surface area contributed by atoms with E-state index in [-0.39, 0.29) is 0 Å². The number of aromatic nitrogens is 1. The summed E-state index contributed by atoms with van der Waals surface area (Å²) in [7, 11) is 6.48. The van der Waals surface area contributed by atoms with Crippen LogP contribution in [0.2, 0.25) is 0 Å². The third-order valence-corrected chi connectivity index (χ3v) is 2.96. The summed E-state index contributed by atoms with van der Waals surface area (Å²) in [4.78, 5) is 5.46. The van der Waals surface area contributed by atoms with Crippen LogP contribution < -0.4 is 4.52 Å². The molecule has 2 aromatic rings. The van der Waals surface area contributed by atoms with Crippen molar-refractivity contribution in [3.05, 3.63) is 30.0 Å². The molecular formula is C12H17N2OP. The second-order valence-electron chi connectivity index (χ2n) is 4.16. The highest BCUT2D eigenvalue weighted by Crippen LogP contribution is 2.30. The van der Waals surface area contributed by atoms with Crippen LogP contribution in [-0.2, 0) is 6.42 Å². The van der Waals surface area contributed by atoms with E-state index in [1.165, 1.54) is 10.9 Å². The van der Waals surface area contributed by atoms with Crippen molar-refractivity contribution in [2.24, 2.45) is 0 Å². The molecule has 0 bridgehead atoms. The first-order chi connectivity index (χ1) is 7.72. The van der Waals surface area contributed by atoms with Gasteiger partial charge in [-0.15, -0.1) is 0 Å². The normalized spacial score (nSPS) is 11.2. The number of hydrogen-bond acceptors (Lipinski definition) is 2. The molecular weight excluding hydrogens is 219 g/mol. The van der Waals surface area contributed by atoms with E-state index in [1.54, 1.807) is 0 Å². The van der Waals surface area contributed by atoms with E-state index in [9.17, 15) is 0 Å². The number of fused-ring (bicyclic) bond motifs is 1. The fourth-order valence-electron chi connectivity index (χ4n) is 1.86. The van der Waals surface area contributed by atoms with Gasteiger partial charge in [0.1, 0.15) is 5.75 Å². The lowest BCUT2D eigenvalue weighted by atomic mass is 10.1. The van der Waals surface area contributed by atoms with Crippen molar-refractivity contribution < 1.29 is 4.52 Å². The fraction of sp³-hybridized carbons (Fsp3) is 0.333. The van der Waals surface area contributed by atoms with Gasteiger partial charge in [0.05, 0.1) is 9.47 Å². The number of likely N-dealkylation sites (N-methyl/N-ethyl adjacent to an activating group) is 1. The number of aromatic amines is 1. The minimum Gasteiger partial charge on any atom is -0.480 e. The molecule has 0 aliphatic carbocycles. The molecule has 1 aromatic carbocycles. The van der Waals surface area contributed by atoms with E-state index in [2.05, 4.69) is 45.7 Å². The smallest absolute Gasteiger partial charge is 0.132 e. The van der Waals surface area contributed by atoms with Crippen LogP contribution in [-0.4, -0.2) is 30.5 Å². The summed E-state index contributed by atoms with van der Waals surface area (Å²) in [6.07, 6.45) is 3.10. The van der Waals surface area contributed by atoms with Crippen LogP contribution in [0.5, 0.6) is 5.75 Å². The lowest BCUT2D eigenvalue weighted by molar-refractivity contribution is 0.414. The van der Waals surface area contributed by atoms with E-state index in [4.69, 9.17) is 4.52 Å². The monoisotopic (exact) mass is 236 g/mol. The van der Waals surface area contributed by atoms with Crippen LogP contribution >= 0.6 is 9.47 Å². The third kappa shape index (κ3) is 2.21. The minimum atomic E-state index is 0.914. The Bertz CT molecular complexity index is 479. The van der Waals surface area contributed by atoms with Crippen LogP contribution in [0.1, 0.15) is 5.56 Å². The summed E-state index contributed by atoms with van der Waals surface area (Å²) >= 11 is 0. The topological polar surface area (TPSA) is 28.3 Å². The molecule has 16 heavy (non-hydrogen) atoms. The van der Waals surface area contributed by atoms with Gasteiger partial charge in [-0.25, -0.2) is 0 Å². The van der Waals surface area contributed by atoms with Crippen LogP contribution in [0.3, 0.4) is 0 Å². The molecule has 1 aromatic heterocycles. The van der Waals surface area contributed by atoms with E-state index in [0.717, 1.165) is 24.2 Å². The number of rotatable bonds is 4. The Morgan fingerprint density at radius 1 is 1.38 bits per heavy atom. The number of benzene rings is 1. The first-order valence-corrected chi connectivity index (χ1v) is 5.80. The van der Waals surface area contributed by atoms with Crippen molar-refractivity contribution in [2.45, 2.75) is 6.42 Å². The number of hydrogen-bond donors (Lipinski definition) is 1. The van der Waals surface area contributed by atoms with Gasteiger partial charge in [-0.3, -0.25) is 0 Å². The SMILES string of the molecule is CN(C)CCc1c[nH]c2cccc(OP)c12. The zero-order valence-corrected chi connectivity index (χ0v) is 10.8. The van der Waals surface area contributed by atoms with Crippen molar-refractivity contribution in [3.63, 3.8) is 0 Å². The molecule has 1 unspecified atom stereocenters. The molecule has 0 amide bonds. The van der Waals surface area contributed by atoms with Crippen molar-refractivity contribution in [1.29, 1.82) is 0 Å². The average Bonchev–Trinajstić information content (AvgIpc) is 2.69. The molecule has 1 N–H and O–H groups in total. The maximum Gasteiger partial charge on any atom is 0.132 e. The van der Waals surface area contributed by atoms with Crippen LogP contribution in [0.25, 0.3) is 10.9 Å². The summed E-state index contributed by atoms with van der Waals surface area (Å²) in [6, 6.07) is 6.05. The Hall–Kier alpha value is -1.05. The molecule has 86 valence electrons. The molecule has 1 heterocycles. The number of nitrogens with zero attached hydrogens (tertiary/aromatic N) is 1. The highest BCUT2D eigenvalue weighted by atomic mass is 31.0. The van der Waals surface area contributed by atoms with Gasteiger partial charge in [0.25, 0.3) is 0 Å². The summed E-state index contributed by atoms with van der Waals surface area (Å²) in [5, 5.41) is 1.19. The summed E-state index contributed by atoms with van der Waals surface area (Å²) in [6.45, 7) is 1.04. The Labute approximate surface area is 98.1 Å². The van der Waals surface area contributed by atoms with Crippen molar-refractivity contribution >= 4 is 20.4 Å². The van der Waals surface area contributed by atoms with E-state index in [0.29, 0.717) is 0 Å². The van der Waals surface area contributed by atoms with E-state index in [1.807, 2.05) is 12.1 Å². The number of nitrogens with one attached hydrogen (secondary N) is 1. The van der Waals surface area contributed by atoms with Gasteiger partial charge in [-0.1, -0.05) is 6.07 Å². The third-order valence-electron chi connectivity index (χ3n) is 2.70.